The number of carbonyl (C=O) groups excluding carboxylic acids is 1. The van der Waals surface area contributed by atoms with Gasteiger partial charge in [-0.25, -0.2) is 4.79 Å². The van der Waals surface area contributed by atoms with Crippen LogP contribution >= 0.6 is 0 Å². The zero-order chi connectivity index (χ0) is 14.5. The molecule has 0 radical (unpaired) electrons. The standard InChI is InChI=1S/C15H28N2O3/c1-4-19-15(18)17-7-5-13(6-8-17)16-14-9-11(2)20-12(3)10-14/h11-14,16H,4-10H2,1-3H3. The molecule has 0 aromatic rings. The van der Waals surface area contributed by atoms with E-state index in [1.165, 1.54) is 0 Å². The highest BCUT2D eigenvalue weighted by Crippen LogP contribution is 2.21. The third-order valence-electron chi connectivity index (χ3n) is 4.19. The van der Waals surface area contributed by atoms with E-state index >= 15 is 0 Å². The number of hydrogen-bond acceptors (Lipinski definition) is 4. The summed E-state index contributed by atoms with van der Waals surface area (Å²) in [6, 6.07) is 1.07. The zero-order valence-electron chi connectivity index (χ0n) is 12.9. The average Bonchev–Trinajstić information content (AvgIpc) is 2.38. The molecule has 2 saturated heterocycles. The number of nitrogens with one attached hydrogen (secondary N) is 1. The third kappa shape index (κ3) is 4.35. The maximum atomic E-state index is 11.6. The van der Waals surface area contributed by atoms with Crippen LogP contribution < -0.4 is 5.32 Å². The van der Waals surface area contributed by atoms with E-state index in [0.29, 0.717) is 30.9 Å². The van der Waals surface area contributed by atoms with Crippen LogP contribution in [0.3, 0.4) is 0 Å². The lowest BCUT2D eigenvalue weighted by Crippen LogP contribution is -2.50. The Morgan fingerprint density at radius 1 is 1.20 bits per heavy atom. The van der Waals surface area contributed by atoms with Crippen molar-refractivity contribution in [2.45, 2.75) is 70.7 Å². The smallest absolute Gasteiger partial charge is 0.409 e. The Balaban J connectivity index is 1.72. The molecule has 20 heavy (non-hydrogen) atoms. The molecule has 2 aliphatic rings. The molecule has 1 amide bonds. The number of rotatable bonds is 3. The summed E-state index contributed by atoms with van der Waals surface area (Å²) in [6.07, 6.45) is 4.72. The predicted octanol–water partition coefficient (Wildman–Crippen LogP) is 2.15. The van der Waals surface area contributed by atoms with E-state index in [1.807, 2.05) is 11.8 Å². The van der Waals surface area contributed by atoms with Crippen molar-refractivity contribution in [2.75, 3.05) is 19.7 Å². The summed E-state index contributed by atoms with van der Waals surface area (Å²) >= 11 is 0. The zero-order valence-corrected chi connectivity index (χ0v) is 12.9. The molecule has 0 saturated carbocycles. The molecule has 0 bridgehead atoms. The van der Waals surface area contributed by atoms with Gasteiger partial charge in [0.05, 0.1) is 18.8 Å². The van der Waals surface area contributed by atoms with Gasteiger partial charge in [-0.15, -0.1) is 0 Å². The molecule has 0 aliphatic carbocycles. The fraction of sp³-hybridized carbons (Fsp3) is 0.933. The molecule has 2 unspecified atom stereocenters. The van der Waals surface area contributed by atoms with Gasteiger partial charge in [-0.3, -0.25) is 0 Å². The first-order valence-electron chi connectivity index (χ1n) is 7.91. The van der Waals surface area contributed by atoms with Crippen molar-refractivity contribution < 1.29 is 14.3 Å². The van der Waals surface area contributed by atoms with E-state index in [2.05, 4.69) is 19.2 Å². The van der Waals surface area contributed by atoms with Crippen LogP contribution in [-0.4, -0.2) is 55.0 Å². The Bertz CT molecular complexity index is 306. The van der Waals surface area contributed by atoms with Gasteiger partial charge in [0, 0.05) is 25.2 Å². The molecular formula is C15H28N2O3. The Hall–Kier alpha value is -0.810. The van der Waals surface area contributed by atoms with E-state index in [0.717, 1.165) is 38.8 Å². The van der Waals surface area contributed by atoms with Crippen molar-refractivity contribution in [3.05, 3.63) is 0 Å². The highest BCUT2D eigenvalue weighted by molar-refractivity contribution is 5.67. The van der Waals surface area contributed by atoms with Gasteiger partial charge >= 0.3 is 6.09 Å². The summed E-state index contributed by atoms with van der Waals surface area (Å²) in [5.41, 5.74) is 0. The normalized spacial score (nSPS) is 32.1. The Kier molecular flexibility index (Phi) is 5.66. The molecule has 116 valence electrons. The number of ether oxygens (including phenoxy) is 2. The fourth-order valence-corrected chi connectivity index (χ4v) is 3.32. The van der Waals surface area contributed by atoms with E-state index in [9.17, 15) is 4.79 Å². The van der Waals surface area contributed by atoms with Crippen LogP contribution in [0.4, 0.5) is 4.79 Å². The lowest BCUT2D eigenvalue weighted by molar-refractivity contribution is -0.0444. The molecule has 1 N–H and O–H groups in total. The Morgan fingerprint density at radius 2 is 1.80 bits per heavy atom. The minimum Gasteiger partial charge on any atom is -0.450 e. The Labute approximate surface area is 122 Å². The molecule has 2 atom stereocenters. The van der Waals surface area contributed by atoms with Crippen molar-refractivity contribution in [3.8, 4) is 0 Å². The quantitative estimate of drug-likeness (QED) is 0.863. The lowest BCUT2D eigenvalue weighted by atomic mass is 9.96. The largest absolute Gasteiger partial charge is 0.450 e. The summed E-state index contributed by atoms with van der Waals surface area (Å²) < 4.78 is 10.8. The summed E-state index contributed by atoms with van der Waals surface area (Å²) in [4.78, 5) is 13.5. The van der Waals surface area contributed by atoms with Gasteiger partial charge in [0.15, 0.2) is 0 Å². The van der Waals surface area contributed by atoms with Crippen LogP contribution in [-0.2, 0) is 9.47 Å². The van der Waals surface area contributed by atoms with E-state index in [4.69, 9.17) is 9.47 Å². The molecule has 5 nitrogen and oxygen atoms in total. The second-order valence-electron chi connectivity index (χ2n) is 6.05. The number of carbonyl (C=O) groups is 1. The lowest BCUT2D eigenvalue weighted by Gasteiger charge is -2.38. The molecular weight excluding hydrogens is 256 g/mol. The highest BCUT2D eigenvalue weighted by Gasteiger charge is 2.29. The molecule has 2 fully saturated rings. The molecule has 0 aromatic carbocycles. The van der Waals surface area contributed by atoms with Gasteiger partial charge in [-0.2, -0.15) is 0 Å². The van der Waals surface area contributed by atoms with Gasteiger partial charge < -0.3 is 19.7 Å². The van der Waals surface area contributed by atoms with Crippen molar-refractivity contribution in [1.82, 2.24) is 10.2 Å². The fourth-order valence-electron chi connectivity index (χ4n) is 3.32. The van der Waals surface area contributed by atoms with Crippen LogP contribution in [0.5, 0.6) is 0 Å². The second kappa shape index (κ2) is 7.27. The van der Waals surface area contributed by atoms with Crippen molar-refractivity contribution in [2.24, 2.45) is 0 Å². The topological polar surface area (TPSA) is 50.8 Å². The summed E-state index contributed by atoms with van der Waals surface area (Å²) in [5, 5.41) is 3.75. The first kappa shape index (κ1) is 15.6. The predicted molar refractivity (Wildman–Crippen MR) is 77.8 cm³/mol. The van der Waals surface area contributed by atoms with Gasteiger partial charge in [-0.1, -0.05) is 0 Å². The van der Waals surface area contributed by atoms with Gasteiger partial charge in [-0.05, 0) is 46.5 Å². The summed E-state index contributed by atoms with van der Waals surface area (Å²) in [5.74, 6) is 0. The average molecular weight is 284 g/mol. The van der Waals surface area contributed by atoms with Gasteiger partial charge in [0.2, 0.25) is 0 Å². The summed E-state index contributed by atoms with van der Waals surface area (Å²) in [6.45, 7) is 8.19. The monoisotopic (exact) mass is 284 g/mol. The Morgan fingerprint density at radius 3 is 2.35 bits per heavy atom. The van der Waals surface area contributed by atoms with Crippen LogP contribution in [0, 0.1) is 0 Å². The van der Waals surface area contributed by atoms with E-state index in [-0.39, 0.29) is 6.09 Å². The first-order valence-corrected chi connectivity index (χ1v) is 7.91. The number of likely N-dealkylation sites (tertiary alicyclic amines) is 1. The summed E-state index contributed by atoms with van der Waals surface area (Å²) in [7, 11) is 0. The van der Waals surface area contributed by atoms with E-state index in [1.54, 1.807) is 0 Å². The minimum absolute atomic E-state index is 0.167. The molecule has 2 aliphatic heterocycles. The van der Waals surface area contributed by atoms with Crippen LogP contribution in [0.2, 0.25) is 0 Å². The van der Waals surface area contributed by atoms with Crippen molar-refractivity contribution >= 4 is 6.09 Å². The van der Waals surface area contributed by atoms with Crippen molar-refractivity contribution in [3.63, 3.8) is 0 Å². The van der Waals surface area contributed by atoms with Crippen LogP contribution in [0.25, 0.3) is 0 Å². The first-order chi connectivity index (χ1) is 9.58. The second-order valence-corrected chi connectivity index (χ2v) is 6.05. The van der Waals surface area contributed by atoms with Crippen molar-refractivity contribution in [1.29, 1.82) is 0 Å². The SMILES string of the molecule is CCOC(=O)N1CCC(NC2CC(C)OC(C)C2)CC1. The molecule has 2 rings (SSSR count). The van der Waals surface area contributed by atoms with Crippen LogP contribution in [0.1, 0.15) is 46.5 Å². The third-order valence-corrected chi connectivity index (χ3v) is 4.19. The molecule has 5 heteroatoms. The number of hydrogen-bond donors (Lipinski definition) is 1. The number of nitrogens with zero attached hydrogens (tertiary/aromatic N) is 1. The molecule has 0 spiro atoms. The number of amides is 1. The molecule has 2 heterocycles. The maximum absolute atomic E-state index is 11.6. The molecule has 0 aromatic heterocycles. The maximum Gasteiger partial charge on any atom is 0.409 e. The number of piperidine rings is 1. The van der Waals surface area contributed by atoms with Crippen LogP contribution in [0.15, 0.2) is 0 Å². The van der Waals surface area contributed by atoms with Gasteiger partial charge in [0.1, 0.15) is 0 Å². The van der Waals surface area contributed by atoms with E-state index < -0.39 is 0 Å². The van der Waals surface area contributed by atoms with Gasteiger partial charge in [0.25, 0.3) is 0 Å². The minimum atomic E-state index is -0.167. The highest BCUT2D eigenvalue weighted by atomic mass is 16.6.